The summed E-state index contributed by atoms with van der Waals surface area (Å²) < 4.78 is 10.6. The molecular formula is C18H20N4O2. The van der Waals surface area contributed by atoms with Gasteiger partial charge in [-0.25, -0.2) is 9.97 Å². The second-order valence-corrected chi connectivity index (χ2v) is 5.61. The third-order valence-corrected chi connectivity index (χ3v) is 3.98. The van der Waals surface area contributed by atoms with Crippen LogP contribution < -0.4 is 10.1 Å². The minimum Gasteiger partial charge on any atom is -0.497 e. The molecule has 2 heterocycles. The van der Waals surface area contributed by atoms with Crippen LogP contribution >= 0.6 is 0 Å². The van der Waals surface area contributed by atoms with E-state index in [0.29, 0.717) is 18.3 Å². The molecule has 0 saturated heterocycles. The molecule has 0 aliphatic rings. The van der Waals surface area contributed by atoms with E-state index in [9.17, 15) is 0 Å². The molecule has 1 N–H and O–H groups in total. The number of rotatable bonds is 5. The maximum Gasteiger partial charge on any atom is 0.223 e. The Morgan fingerprint density at radius 3 is 2.54 bits per heavy atom. The van der Waals surface area contributed by atoms with E-state index in [1.807, 2.05) is 51.1 Å². The number of hydrogen-bond donors (Lipinski definition) is 1. The lowest BCUT2D eigenvalue weighted by molar-refractivity contribution is 0.389. The second-order valence-electron chi connectivity index (χ2n) is 5.61. The lowest BCUT2D eigenvalue weighted by atomic mass is 10.1. The summed E-state index contributed by atoms with van der Waals surface area (Å²) >= 11 is 0. The normalized spacial score (nSPS) is 10.7. The molecule has 6 nitrogen and oxygen atoms in total. The Labute approximate surface area is 140 Å². The number of nitrogens with one attached hydrogen (secondary N) is 1. The summed E-state index contributed by atoms with van der Waals surface area (Å²) in [6.07, 6.45) is 0. The van der Waals surface area contributed by atoms with Crippen LogP contribution in [-0.4, -0.2) is 22.2 Å². The van der Waals surface area contributed by atoms with E-state index in [2.05, 4.69) is 20.4 Å². The molecule has 1 aromatic carbocycles. The zero-order valence-corrected chi connectivity index (χ0v) is 14.3. The molecule has 0 atom stereocenters. The van der Waals surface area contributed by atoms with Crippen molar-refractivity contribution >= 4 is 5.95 Å². The van der Waals surface area contributed by atoms with Crippen molar-refractivity contribution in [1.29, 1.82) is 0 Å². The topological polar surface area (TPSA) is 73.1 Å². The average molecular weight is 324 g/mol. The summed E-state index contributed by atoms with van der Waals surface area (Å²) in [6, 6.07) is 9.60. The number of methoxy groups -OCH3 is 1. The molecule has 124 valence electrons. The maximum absolute atomic E-state index is 5.39. The zero-order valence-electron chi connectivity index (χ0n) is 14.3. The average Bonchev–Trinajstić information content (AvgIpc) is 3.07. The van der Waals surface area contributed by atoms with Crippen molar-refractivity contribution in [2.75, 3.05) is 12.4 Å². The molecule has 2 aromatic heterocycles. The van der Waals surface area contributed by atoms with Gasteiger partial charge in [0.05, 0.1) is 13.7 Å². The summed E-state index contributed by atoms with van der Waals surface area (Å²) in [7, 11) is 1.64. The molecule has 0 amide bonds. The number of ether oxygens (including phenoxy) is 1. The van der Waals surface area contributed by atoms with Gasteiger partial charge in [0, 0.05) is 23.0 Å². The van der Waals surface area contributed by atoms with Crippen LogP contribution in [0, 0.1) is 20.8 Å². The highest BCUT2D eigenvalue weighted by molar-refractivity contribution is 5.61. The fourth-order valence-corrected chi connectivity index (χ4v) is 2.33. The van der Waals surface area contributed by atoms with Gasteiger partial charge in [0.25, 0.3) is 0 Å². The molecule has 0 spiro atoms. The smallest absolute Gasteiger partial charge is 0.223 e. The first-order chi connectivity index (χ1) is 11.6. The molecule has 24 heavy (non-hydrogen) atoms. The molecule has 0 bridgehead atoms. The molecule has 3 rings (SSSR count). The fourth-order valence-electron chi connectivity index (χ4n) is 2.33. The number of aryl methyl sites for hydroxylation is 2. The van der Waals surface area contributed by atoms with Crippen LogP contribution in [0.2, 0.25) is 0 Å². The van der Waals surface area contributed by atoms with E-state index in [4.69, 9.17) is 9.26 Å². The molecular weight excluding hydrogens is 304 g/mol. The molecule has 0 radical (unpaired) electrons. The monoisotopic (exact) mass is 324 g/mol. The van der Waals surface area contributed by atoms with Crippen molar-refractivity contribution < 1.29 is 9.26 Å². The van der Waals surface area contributed by atoms with Crippen LogP contribution in [0.25, 0.3) is 11.3 Å². The van der Waals surface area contributed by atoms with E-state index >= 15 is 0 Å². The van der Waals surface area contributed by atoms with Gasteiger partial charge in [0.15, 0.2) is 5.76 Å². The summed E-state index contributed by atoms with van der Waals surface area (Å²) in [5.41, 5.74) is 4.77. The minimum absolute atomic E-state index is 0.471. The van der Waals surface area contributed by atoms with Crippen LogP contribution in [0.3, 0.4) is 0 Å². The van der Waals surface area contributed by atoms with Gasteiger partial charge in [-0.3, -0.25) is 0 Å². The number of benzene rings is 1. The quantitative estimate of drug-likeness (QED) is 0.772. The third-order valence-electron chi connectivity index (χ3n) is 3.98. The summed E-state index contributed by atoms with van der Waals surface area (Å²) in [6.45, 7) is 6.44. The second kappa shape index (κ2) is 6.70. The molecule has 0 saturated carbocycles. The van der Waals surface area contributed by atoms with Crippen molar-refractivity contribution in [3.63, 3.8) is 0 Å². The van der Waals surface area contributed by atoms with Crippen molar-refractivity contribution in [2.24, 2.45) is 0 Å². The zero-order chi connectivity index (χ0) is 17.1. The van der Waals surface area contributed by atoms with Crippen LogP contribution in [0.15, 0.2) is 34.9 Å². The van der Waals surface area contributed by atoms with Gasteiger partial charge in [0.2, 0.25) is 5.95 Å². The predicted octanol–water partition coefficient (Wildman–Crippen LogP) is 3.68. The largest absolute Gasteiger partial charge is 0.497 e. The highest BCUT2D eigenvalue weighted by Crippen LogP contribution is 2.23. The standard InChI is InChI=1S/C18H20N4O2/c1-11-12(2)20-18(21-13(11)3)19-10-16-9-17(22-24-16)14-6-5-7-15(8-14)23-4/h5-9H,10H2,1-4H3,(H,19,20,21). The summed E-state index contributed by atoms with van der Waals surface area (Å²) in [5, 5.41) is 7.29. The van der Waals surface area contributed by atoms with Gasteiger partial charge in [-0.05, 0) is 38.5 Å². The summed E-state index contributed by atoms with van der Waals surface area (Å²) in [4.78, 5) is 8.87. The Kier molecular flexibility index (Phi) is 4.46. The van der Waals surface area contributed by atoms with Crippen molar-refractivity contribution in [1.82, 2.24) is 15.1 Å². The Morgan fingerprint density at radius 1 is 1.08 bits per heavy atom. The van der Waals surface area contributed by atoms with Gasteiger partial charge in [-0.2, -0.15) is 0 Å². The first-order valence-corrected chi connectivity index (χ1v) is 7.72. The molecule has 0 unspecified atom stereocenters. The van der Waals surface area contributed by atoms with Crippen molar-refractivity contribution in [2.45, 2.75) is 27.3 Å². The van der Waals surface area contributed by atoms with E-state index in [-0.39, 0.29) is 0 Å². The van der Waals surface area contributed by atoms with E-state index in [1.54, 1.807) is 7.11 Å². The number of aromatic nitrogens is 3. The van der Waals surface area contributed by atoms with Crippen LogP contribution in [-0.2, 0) is 6.54 Å². The number of anilines is 1. The highest BCUT2D eigenvalue weighted by Gasteiger charge is 2.09. The number of hydrogen-bond acceptors (Lipinski definition) is 6. The molecule has 0 fully saturated rings. The molecule has 0 aliphatic carbocycles. The maximum atomic E-state index is 5.39. The Morgan fingerprint density at radius 2 is 1.83 bits per heavy atom. The van der Waals surface area contributed by atoms with Crippen molar-refractivity contribution in [3.05, 3.63) is 53.0 Å². The Hall–Kier alpha value is -2.89. The first kappa shape index (κ1) is 16.0. The highest BCUT2D eigenvalue weighted by atomic mass is 16.5. The lowest BCUT2D eigenvalue weighted by Crippen LogP contribution is -2.06. The van der Waals surface area contributed by atoms with Gasteiger partial charge in [-0.1, -0.05) is 17.3 Å². The van der Waals surface area contributed by atoms with Crippen LogP contribution in [0.4, 0.5) is 5.95 Å². The van der Waals surface area contributed by atoms with Crippen molar-refractivity contribution in [3.8, 4) is 17.0 Å². The fraction of sp³-hybridized carbons (Fsp3) is 0.278. The summed E-state index contributed by atoms with van der Waals surface area (Å²) in [5.74, 6) is 2.09. The third kappa shape index (κ3) is 3.37. The van der Waals surface area contributed by atoms with Gasteiger partial charge >= 0.3 is 0 Å². The SMILES string of the molecule is COc1cccc(-c2cc(CNc3nc(C)c(C)c(C)n3)on2)c1. The van der Waals surface area contributed by atoms with Gasteiger partial charge < -0.3 is 14.6 Å². The Balaban J connectivity index is 1.72. The van der Waals surface area contributed by atoms with Gasteiger partial charge in [-0.15, -0.1) is 0 Å². The van der Waals surface area contributed by atoms with E-state index in [1.165, 1.54) is 0 Å². The molecule has 3 aromatic rings. The predicted molar refractivity (Wildman–Crippen MR) is 92.1 cm³/mol. The number of nitrogens with zero attached hydrogens (tertiary/aromatic N) is 3. The minimum atomic E-state index is 0.471. The molecule has 6 heteroatoms. The first-order valence-electron chi connectivity index (χ1n) is 7.72. The van der Waals surface area contributed by atoms with Gasteiger partial charge in [0.1, 0.15) is 11.4 Å². The lowest BCUT2D eigenvalue weighted by Gasteiger charge is -2.07. The van der Waals surface area contributed by atoms with Crippen LogP contribution in [0.1, 0.15) is 22.7 Å². The Bertz CT molecular complexity index is 835. The molecule has 0 aliphatic heterocycles. The van der Waals surface area contributed by atoms with E-state index < -0.39 is 0 Å². The van der Waals surface area contributed by atoms with Crippen LogP contribution in [0.5, 0.6) is 5.75 Å². The van der Waals surface area contributed by atoms with E-state index in [0.717, 1.165) is 34.0 Å².